The Morgan fingerprint density at radius 2 is 1.85 bits per heavy atom. The third-order valence-corrected chi connectivity index (χ3v) is 4.87. The summed E-state index contributed by atoms with van der Waals surface area (Å²) in [7, 11) is 0. The summed E-state index contributed by atoms with van der Waals surface area (Å²) in [6.45, 7) is 0.292. The molecule has 2 aromatic carbocycles. The quantitative estimate of drug-likeness (QED) is 0.753. The standard InChI is InChI=1S/C20H17ClN4O2/c21-16-8-4-5-9-17(16)25-13-14(12-18(25)26)19(27)23-20-22-10-11-24(20)15-6-2-1-3-7-15/h1-11,14H,12-13H2,(H,22,23,27). The third-order valence-electron chi connectivity index (χ3n) is 4.55. The molecule has 0 aliphatic carbocycles. The van der Waals surface area contributed by atoms with Crippen LogP contribution in [0.15, 0.2) is 67.0 Å². The van der Waals surface area contributed by atoms with Crippen LogP contribution in [-0.2, 0) is 9.59 Å². The zero-order valence-corrected chi connectivity index (χ0v) is 15.1. The minimum atomic E-state index is -0.463. The van der Waals surface area contributed by atoms with Crippen LogP contribution >= 0.6 is 11.6 Å². The van der Waals surface area contributed by atoms with Gasteiger partial charge >= 0.3 is 0 Å². The second kappa shape index (κ2) is 7.25. The van der Waals surface area contributed by atoms with Crippen molar-refractivity contribution in [1.29, 1.82) is 0 Å². The molecule has 0 saturated carbocycles. The lowest BCUT2D eigenvalue weighted by Gasteiger charge is -2.18. The van der Waals surface area contributed by atoms with Crippen molar-refractivity contribution in [2.75, 3.05) is 16.8 Å². The van der Waals surface area contributed by atoms with Gasteiger partial charge in [-0.25, -0.2) is 4.98 Å². The summed E-state index contributed by atoms with van der Waals surface area (Å²) in [4.78, 5) is 30.9. The van der Waals surface area contributed by atoms with E-state index < -0.39 is 5.92 Å². The highest BCUT2D eigenvalue weighted by molar-refractivity contribution is 6.33. The number of anilines is 2. The lowest BCUT2D eigenvalue weighted by Crippen LogP contribution is -2.29. The van der Waals surface area contributed by atoms with E-state index in [1.807, 2.05) is 36.4 Å². The van der Waals surface area contributed by atoms with Crippen molar-refractivity contribution in [1.82, 2.24) is 9.55 Å². The minimum absolute atomic E-state index is 0.116. The Hall–Kier alpha value is -3.12. The molecular weight excluding hydrogens is 364 g/mol. The monoisotopic (exact) mass is 380 g/mol. The Morgan fingerprint density at radius 1 is 1.11 bits per heavy atom. The molecule has 0 spiro atoms. The number of amides is 2. The Labute approximate surface area is 161 Å². The number of benzene rings is 2. The van der Waals surface area contributed by atoms with E-state index in [2.05, 4.69) is 10.3 Å². The highest BCUT2D eigenvalue weighted by atomic mass is 35.5. The number of rotatable bonds is 4. The van der Waals surface area contributed by atoms with Gasteiger partial charge in [0, 0.05) is 31.0 Å². The number of carbonyl (C=O) groups excluding carboxylic acids is 2. The van der Waals surface area contributed by atoms with E-state index >= 15 is 0 Å². The normalized spacial score (nSPS) is 16.6. The van der Waals surface area contributed by atoms with Crippen LogP contribution in [-0.4, -0.2) is 27.9 Å². The molecule has 1 atom stereocenters. The second-order valence-corrected chi connectivity index (χ2v) is 6.71. The van der Waals surface area contributed by atoms with Gasteiger partial charge in [0.1, 0.15) is 0 Å². The molecule has 4 rings (SSSR count). The number of carbonyl (C=O) groups is 2. The molecule has 1 N–H and O–H groups in total. The summed E-state index contributed by atoms with van der Waals surface area (Å²) in [5.74, 6) is -0.388. The van der Waals surface area contributed by atoms with Gasteiger partial charge in [0.2, 0.25) is 17.8 Å². The average Bonchev–Trinajstić information content (AvgIpc) is 3.29. The predicted molar refractivity (Wildman–Crippen MR) is 104 cm³/mol. The zero-order valence-electron chi connectivity index (χ0n) is 14.4. The molecule has 1 unspecified atom stereocenters. The van der Waals surface area contributed by atoms with E-state index in [0.717, 1.165) is 5.69 Å². The van der Waals surface area contributed by atoms with Gasteiger partial charge in [-0.2, -0.15) is 0 Å². The molecule has 1 aliphatic heterocycles. The van der Waals surface area contributed by atoms with Gasteiger partial charge in [0.25, 0.3) is 0 Å². The zero-order chi connectivity index (χ0) is 18.8. The van der Waals surface area contributed by atoms with Gasteiger partial charge in [-0.1, -0.05) is 41.9 Å². The van der Waals surface area contributed by atoms with Gasteiger partial charge in [-0.05, 0) is 24.3 Å². The Morgan fingerprint density at radius 3 is 2.63 bits per heavy atom. The molecule has 6 nitrogen and oxygen atoms in total. The maximum absolute atomic E-state index is 12.7. The van der Waals surface area contributed by atoms with E-state index in [0.29, 0.717) is 23.2 Å². The van der Waals surface area contributed by atoms with Crippen molar-refractivity contribution in [2.24, 2.45) is 5.92 Å². The van der Waals surface area contributed by atoms with Crippen molar-refractivity contribution in [3.8, 4) is 5.69 Å². The number of imidazole rings is 1. The van der Waals surface area contributed by atoms with E-state index in [-0.39, 0.29) is 18.2 Å². The summed E-state index contributed by atoms with van der Waals surface area (Å²) in [6.07, 6.45) is 3.54. The molecule has 2 amide bonds. The van der Waals surface area contributed by atoms with Crippen LogP contribution in [0.1, 0.15) is 6.42 Å². The fraction of sp³-hybridized carbons (Fsp3) is 0.150. The largest absolute Gasteiger partial charge is 0.310 e. The first kappa shape index (κ1) is 17.3. The third kappa shape index (κ3) is 3.44. The SMILES string of the molecule is O=C(Nc1nccn1-c1ccccc1)C1CC(=O)N(c2ccccc2Cl)C1. The number of halogens is 1. The maximum Gasteiger partial charge on any atom is 0.232 e. The molecule has 136 valence electrons. The van der Waals surface area contributed by atoms with Gasteiger partial charge in [-0.3, -0.25) is 19.5 Å². The van der Waals surface area contributed by atoms with Crippen LogP contribution in [0, 0.1) is 5.92 Å². The minimum Gasteiger partial charge on any atom is -0.310 e. The van der Waals surface area contributed by atoms with E-state index in [4.69, 9.17) is 11.6 Å². The Balaban J connectivity index is 1.50. The van der Waals surface area contributed by atoms with Crippen LogP contribution in [0.2, 0.25) is 5.02 Å². The van der Waals surface area contributed by atoms with Crippen molar-refractivity contribution >= 4 is 35.1 Å². The molecule has 1 saturated heterocycles. The first-order chi connectivity index (χ1) is 13.1. The van der Waals surface area contributed by atoms with Crippen LogP contribution in [0.5, 0.6) is 0 Å². The maximum atomic E-state index is 12.7. The molecule has 0 radical (unpaired) electrons. The number of aromatic nitrogens is 2. The second-order valence-electron chi connectivity index (χ2n) is 6.30. The first-order valence-corrected chi connectivity index (χ1v) is 8.96. The van der Waals surface area contributed by atoms with Crippen LogP contribution in [0.25, 0.3) is 5.69 Å². The van der Waals surface area contributed by atoms with Crippen LogP contribution in [0.3, 0.4) is 0 Å². The highest BCUT2D eigenvalue weighted by Gasteiger charge is 2.36. The summed E-state index contributed by atoms with van der Waals surface area (Å²) < 4.78 is 1.79. The average molecular weight is 381 g/mol. The topological polar surface area (TPSA) is 67.2 Å². The van der Waals surface area contributed by atoms with Crippen molar-refractivity contribution in [3.63, 3.8) is 0 Å². The molecular formula is C20H17ClN4O2. The van der Waals surface area contributed by atoms with E-state index in [9.17, 15) is 9.59 Å². The summed E-state index contributed by atoms with van der Waals surface area (Å²) in [6, 6.07) is 16.7. The van der Waals surface area contributed by atoms with Gasteiger partial charge in [0.15, 0.2) is 0 Å². The summed E-state index contributed by atoms with van der Waals surface area (Å²) in [5, 5.41) is 3.33. The van der Waals surface area contributed by atoms with Crippen LogP contribution < -0.4 is 10.2 Å². The molecule has 7 heteroatoms. The molecule has 3 aromatic rings. The molecule has 1 aliphatic rings. The lowest BCUT2D eigenvalue weighted by atomic mass is 10.1. The fourth-order valence-electron chi connectivity index (χ4n) is 3.19. The molecule has 2 heterocycles. The molecule has 27 heavy (non-hydrogen) atoms. The molecule has 0 bridgehead atoms. The fourth-order valence-corrected chi connectivity index (χ4v) is 3.43. The van der Waals surface area contributed by atoms with Crippen molar-refractivity contribution < 1.29 is 9.59 Å². The van der Waals surface area contributed by atoms with Crippen molar-refractivity contribution in [2.45, 2.75) is 6.42 Å². The smallest absolute Gasteiger partial charge is 0.232 e. The van der Waals surface area contributed by atoms with E-state index in [1.54, 1.807) is 40.1 Å². The van der Waals surface area contributed by atoms with Crippen LogP contribution in [0.4, 0.5) is 11.6 Å². The Bertz CT molecular complexity index is 986. The number of nitrogens with one attached hydrogen (secondary N) is 1. The number of hydrogen-bond donors (Lipinski definition) is 1. The molecule has 1 fully saturated rings. The van der Waals surface area contributed by atoms with Crippen molar-refractivity contribution in [3.05, 3.63) is 72.0 Å². The highest BCUT2D eigenvalue weighted by Crippen LogP contribution is 2.31. The Kier molecular flexibility index (Phi) is 4.64. The molecule has 1 aromatic heterocycles. The first-order valence-electron chi connectivity index (χ1n) is 8.58. The van der Waals surface area contributed by atoms with Gasteiger partial charge < -0.3 is 4.90 Å². The summed E-state index contributed by atoms with van der Waals surface area (Å²) >= 11 is 6.19. The number of para-hydroxylation sites is 2. The number of nitrogens with zero attached hydrogens (tertiary/aromatic N) is 3. The number of hydrogen-bond acceptors (Lipinski definition) is 3. The summed E-state index contributed by atoms with van der Waals surface area (Å²) in [5.41, 5.74) is 1.52. The lowest BCUT2D eigenvalue weighted by molar-refractivity contribution is -0.122. The van der Waals surface area contributed by atoms with Gasteiger partial charge in [-0.15, -0.1) is 0 Å². The predicted octanol–water partition coefficient (Wildman–Crippen LogP) is 3.52. The van der Waals surface area contributed by atoms with Gasteiger partial charge in [0.05, 0.1) is 16.6 Å². The van der Waals surface area contributed by atoms with E-state index in [1.165, 1.54) is 0 Å².